The van der Waals surface area contributed by atoms with Crippen LogP contribution in [0.25, 0.3) is 0 Å². The molecule has 3 nitrogen and oxygen atoms in total. The number of hydrogen-bond acceptors (Lipinski definition) is 3. The molecule has 0 saturated carbocycles. The first kappa shape index (κ1) is 17.1. The zero-order chi connectivity index (χ0) is 17.5. The molecule has 25 heavy (non-hydrogen) atoms. The fourth-order valence-electron chi connectivity index (χ4n) is 3.32. The monoisotopic (exact) mass is 330 g/mol. The Bertz CT molecular complexity index is 759. The molecule has 1 aliphatic rings. The molecule has 0 aromatic heterocycles. The standard InChI is InChI=1S/C22H22N2O/c23-15-21(20-14-8-7-13-19(20)16-25)24-22(17-9-3-1-4-10-17)18-11-5-2-6-12-18/h1-6,9-12,21,25H,7-8,13-14,16H2. The van der Waals surface area contributed by atoms with Crippen molar-refractivity contribution in [2.75, 3.05) is 6.61 Å². The molecule has 0 saturated heterocycles. The van der Waals surface area contributed by atoms with E-state index in [-0.39, 0.29) is 6.61 Å². The molecule has 0 amide bonds. The summed E-state index contributed by atoms with van der Waals surface area (Å²) in [6, 6.07) is 21.7. The van der Waals surface area contributed by atoms with Gasteiger partial charge in [0.15, 0.2) is 6.04 Å². The average Bonchev–Trinajstić information content (AvgIpc) is 2.70. The first-order valence-corrected chi connectivity index (χ1v) is 8.73. The molecule has 3 rings (SSSR count). The van der Waals surface area contributed by atoms with Crippen LogP contribution < -0.4 is 0 Å². The van der Waals surface area contributed by atoms with E-state index in [0.717, 1.165) is 53.7 Å². The van der Waals surface area contributed by atoms with Gasteiger partial charge in [0.1, 0.15) is 0 Å². The summed E-state index contributed by atoms with van der Waals surface area (Å²) in [5, 5.41) is 19.4. The third kappa shape index (κ3) is 4.04. The van der Waals surface area contributed by atoms with Gasteiger partial charge in [-0.25, -0.2) is 0 Å². The van der Waals surface area contributed by atoms with Crippen molar-refractivity contribution < 1.29 is 5.11 Å². The highest BCUT2D eigenvalue weighted by atomic mass is 16.3. The highest BCUT2D eigenvalue weighted by Crippen LogP contribution is 2.28. The van der Waals surface area contributed by atoms with E-state index in [1.54, 1.807) is 0 Å². The Balaban J connectivity index is 2.08. The summed E-state index contributed by atoms with van der Waals surface area (Å²) >= 11 is 0. The highest BCUT2D eigenvalue weighted by molar-refractivity contribution is 6.13. The second-order valence-corrected chi connectivity index (χ2v) is 6.24. The molecule has 1 N–H and O–H groups in total. The zero-order valence-corrected chi connectivity index (χ0v) is 14.2. The molecule has 1 atom stereocenters. The van der Waals surface area contributed by atoms with Crippen LogP contribution in [0.2, 0.25) is 0 Å². The number of hydrogen-bond donors (Lipinski definition) is 1. The molecule has 2 aromatic carbocycles. The molecule has 0 aliphatic heterocycles. The zero-order valence-electron chi connectivity index (χ0n) is 14.2. The van der Waals surface area contributed by atoms with Crippen molar-refractivity contribution >= 4 is 5.71 Å². The van der Waals surface area contributed by atoms with Crippen molar-refractivity contribution in [3.8, 4) is 6.07 Å². The van der Waals surface area contributed by atoms with Gasteiger partial charge in [-0.05, 0) is 36.8 Å². The van der Waals surface area contributed by atoms with Crippen molar-refractivity contribution in [1.29, 1.82) is 5.26 Å². The van der Waals surface area contributed by atoms with Crippen molar-refractivity contribution in [3.63, 3.8) is 0 Å². The summed E-state index contributed by atoms with van der Waals surface area (Å²) < 4.78 is 0. The summed E-state index contributed by atoms with van der Waals surface area (Å²) in [6.45, 7) is 0.0229. The number of nitrogens with zero attached hydrogens (tertiary/aromatic N) is 2. The molecule has 1 aliphatic carbocycles. The van der Waals surface area contributed by atoms with Crippen LogP contribution in [0.3, 0.4) is 0 Å². The van der Waals surface area contributed by atoms with Crippen molar-refractivity contribution in [2.45, 2.75) is 31.7 Å². The lowest BCUT2D eigenvalue weighted by atomic mass is 9.88. The molecular weight excluding hydrogens is 308 g/mol. The summed E-state index contributed by atoms with van der Waals surface area (Å²) in [7, 11) is 0. The van der Waals surface area contributed by atoms with Gasteiger partial charge >= 0.3 is 0 Å². The minimum atomic E-state index is -0.544. The Hall–Kier alpha value is -2.70. The molecular formula is C22H22N2O. The van der Waals surface area contributed by atoms with Crippen molar-refractivity contribution in [3.05, 3.63) is 82.9 Å². The van der Waals surface area contributed by atoms with E-state index in [1.165, 1.54) is 0 Å². The number of aliphatic imine (C=N–C) groups is 1. The van der Waals surface area contributed by atoms with Gasteiger partial charge in [-0.1, -0.05) is 60.7 Å². The quantitative estimate of drug-likeness (QED) is 0.657. The van der Waals surface area contributed by atoms with E-state index in [0.29, 0.717) is 0 Å². The molecule has 3 heteroatoms. The molecule has 0 heterocycles. The van der Waals surface area contributed by atoms with E-state index in [9.17, 15) is 10.4 Å². The molecule has 0 spiro atoms. The first-order valence-electron chi connectivity index (χ1n) is 8.73. The van der Waals surface area contributed by atoms with Gasteiger partial charge in [-0.3, -0.25) is 4.99 Å². The van der Waals surface area contributed by atoms with Crippen LogP contribution in [0.1, 0.15) is 36.8 Å². The minimum absolute atomic E-state index is 0.0229. The van der Waals surface area contributed by atoms with Crippen LogP contribution in [0.4, 0.5) is 0 Å². The van der Waals surface area contributed by atoms with E-state index >= 15 is 0 Å². The van der Waals surface area contributed by atoms with Crippen LogP contribution in [-0.4, -0.2) is 23.5 Å². The molecule has 1 unspecified atom stereocenters. The van der Waals surface area contributed by atoms with Gasteiger partial charge in [0.2, 0.25) is 0 Å². The van der Waals surface area contributed by atoms with Crippen LogP contribution in [-0.2, 0) is 0 Å². The largest absolute Gasteiger partial charge is 0.392 e. The number of aliphatic hydroxyl groups is 1. The Morgan fingerprint density at radius 2 is 1.52 bits per heavy atom. The predicted octanol–water partition coefficient (Wildman–Crippen LogP) is 4.28. The number of aliphatic hydroxyl groups excluding tert-OH is 1. The lowest BCUT2D eigenvalue weighted by molar-refractivity contribution is 0.319. The maximum Gasteiger partial charge on any atom is 0.158 e. The Kier molecular flexibility index (Phi) is 5.77. The first-order chi connectivity index (χ1) is 12.3. The molecule has 0 radical (unpaired) electrons. The summed E-state index contributed by atoms with van der Waals surface area (Å²) in [5.41, 5.74) is 4.80. The van der Waals surface area contributed by atoms with Crippen molar-refractivity contribution in [2.24, 2.45) is 4.99 Å². The van der Waals surface area contributed by atoms with Gasteiger partial charge in [0.25, 0.3) is 0 Å². The number of rotatable bonds is 5. The Labute approximate surface area is 149 Å². The summed E-state index contributed by atoms with van der Waals surface area (Å²) in [4.78, 5) is 4.84. The van der Waals surface area contributed by atoms with Crippen LogP contribution >= 0.6 is 0 Å². The third-order valence-corrected chi connectivity index (χ3v) is 4.62. The number of benzene rings is 2. The second-order valence-electron chi connectivity index (χ2n) is 6.24. The molecule has 0 bridgehead atoms. The van der Waals surface area contributed by atoms with Gasteiger partial charge in [-0.15, -0.1) is 0 Å². The third-order valence-electron chi connectivity index (χ3n) is 4.62. The van der Waals surface area contributed by atoms with Crippen molar-refractivity contribution in [1.82, 2.24) is 0 Å². The minimum Gasteiger partial charge on any atom is -0.392 e. The topological polar surface area (TPSA) is 56.4 Å². The maximum atomic E-state index is 9.76. The molecule has 126 valence electrons. The van der Waals surface area contributed by atoms with E-state index < -0.39 is 6.04 Å². The molecule has 0 fully saturated rings. The number of nitriles is 1. The van der Waals surface area contributed by atoms with Gasteiger partial charge in [-0.2, -0.15) is 5.26 Å². The Morgan fingerprint density at radius 1 is 0.960 bits per heavy atom. The van der Waals surface area contributed by atoms with Crippen LogP contribution in [0.5, 0.6) is 0 Å². The lowest BCUT2D eigenvalue weighted by Crippen LogP contribution is -2.17. The maximum absolute atomic E-state index is 9.76. The van der Waals surface area contributed by atoms with Gasteiger partial charge in [0.05, 0.1) is 18.4 Å². The fraction of sp³-hybridized carbons (Fsp3) is 0.273. The summed E-state index contributed by atoms with van der Waals surface area (Å²) in [5.74, 6) is 0. The van der Waals surface area contributed by atoms with Crippen LogP contribution in [0.15, 0.2) is 76.8 Å². The lowest BCUT2D eigenvalue weighted by Gasteiger charge is -2.21. The Morgan fingerprint density at radius 3 is 2.04 bits per heavy atom. The predicted molar refractivity (Wildman–Crippen MR) is 101 cm³/mol. The SMILES string of the molecule is N#CC(N=C(c1ccccc1)c1ccccc1)C1=C(CO)CCCC1. The van der Waals surface area contributed by atoms with Crippen LogP contribution in [0, 0.1) is 11.3 Å². The normalized spacial score (nSPS) is 15.4. The van der Waals surface area contributed by atoms with E-state index in [4.69, 9.17) is 4.99 Å². The van der Waals surface area contributed by atoms with E-state index in [1.807, 2.05) is 60.7 Å². The summed E-state index contributed by atoms with van der Waals surface area (Å²) in [6.07, 6.45) is 3.84. The fourth-order valence-corrected chi connectivity index (χ4v) is 3.32. The van der Waals surface area contributed by atoms with Gasteiger partial charge in [0, 0.05) is 11.1 Å². The highest BCUT2D eigenvalue weighted by Gasteiger charge is 2.21. The molecule has 2 aromatic rings. The average molecular weight is 330 g/mol. The van der Waals surface area contributed by atoms with E-state index in [2.05, 4.69) is 6.07 Å². The smallest absolute Gasteiger partial charge is 0.158 e. The second kappa shape index (κ2) is 8.41. The van der Waals surface area contributed by atoms with Gasteiger partial charge < -0.3 is 5.11 Å².